The number of carbonyl (C=O) groups is 1. The standard InChI is InChI=1S/C14H19ClN2O/c1-14(2,10-3-5-11(15)6-4-10)13(18)17-8-7-12(16)9-17/h3-6,12H,7-9,16H2,1-2H3/t12-/m1/s1. The van der Waals surface area contributed by atoms with Crippen LogP contribution in [0.2, 0.25) is 5.02 Å². The highest BCUT2D eigenvalue weighted by molar-refractivity contribution is 6.30. The molecule has 1 saturated heterocycles. The van der Waals surface area contributed by atoms with Crippen molar-refractivity contribution in [1.82, 2.24) is 4.90 Å². The smallest absolute Gasteiger partial charge is 0.232 e. The van der Waals surface area contributed by atoms with Crippen LogP contribution < -0.4 is 5.73 Å². The second-order valence-electron chi connectivity index (χ2n) is 5.43. The molecule has 3 nitrogen and oxygen atoms in total. The van der Waals surface area contributed by atoms with Crippen LogP contribution in [-0.4, -0.2) is 29.9 Å². The Morgan fingerprint density at radius 2 is 2.00 bits per heavy atom. The summed E-state index contributed by atoms with van der Waals surface area (Å²) in [5.41, 5.74) is 6.30. The molecule has 4 heteroatoms. The first-order valence-corrected chi connectivity index (χ1v) is 6.60. The Hall–Kier alpha value is -1.06. The highest BCUT2D eigenvalue weighted by atomic mass is 35.5. The van der Waals surface area contributed by atoms with Crippen LogP contribution in [-0.2, 0) is 10.2 Å². The van der Waals surface area contributed by atoms with E-state index in [1.807, 2.05) is 43.0 Å². The monoisotopic (exact) mass is 266 g/mol. The number of nitrogens with two attached hydrogens (primary N) is 1. The van der Waals surface area contributed by atoms with E-state index in [9.17, 15) is 4.79 Å². The van der Waals surface area contributed by atoms with Gasteiger partial charge in [-0.25, -0.2) is 0 Å². The van der Waals surface area contributed by atoms with Crippen LogP contribution in [0.4, 0.5) is 0 Å². The zero-order valence-electron chi connectivity index (χ0n) is 10.8. The van der Waals surface area contributed by atoms with Gasteiger partial charge in [0.1, 0.15) is 0 Å². The lowest BCUT2D eigenvalue weighted by atomic mass is 9.83. The van der Waals surface area contributed by atoms with Gasteiger partial charge in [0.05, 0.1) is 5.41 Å². The third-order valence-corrected chi connectivity index (χ3v) is 3.86. The van der Waals surface area contributed by atoms with Gasteiger partial charge in [-0.15, -0.1) is 0 Å². The summed E-state index contributed by atoms with van der Waals surface area (Å²) >= 11 is 5.88. The summed E-state index contributed by atoms with van der Waals surface area (Å²) in [4.78, 5) is 14.4. The quantitative estimate of drug-likeness (QED) is 0.892. The van der Waals surface area contributed by atoms with Gasteiger partial charge in [0.2, 0.25) is 5.91 Å². The van der Waals surface area contributed by atoms with Crippen molar-refractivity contribution >= 4 is 17.5 Å². The van der Waals surface area contributed by atoms with Gasteiger partial charge in [-0.05, 0) is 38.0 Å². The summed E-state index contributed by atoms with van der Waals surface area (Å²) < 4.78 is 0. The molecule has 1 amide bonds. The zero-order valence-corrected chi connectivity index (χ0v) is 11.6. The van der Waals surface area contributed by atoms with Gasteiger partial charge in [0.15, 0.2) is 0 Å². The van der Waals surface area contributed by atoms with Crippen molar-refractivity contribution in [3.8, 4) is 0 Å². The number of amides is 1. The van der Waals surface area contributed by atoms with E-state index in [0.717, 1.165) is 18.5 Å². The summed E-state index contributed by atoms with van der Waals surface area (Å²) in [6, 6.07) is 7.59. The number of carbonyl (C=O) groups excluding carboxylic acids is 1. The van der Waals surface area contributed by atoms with E-state index in [-0.39, 0.29) is 11.9 Å². The molecular formula is C14H19ClN2O. The molecule has 0 spiro atoms. The first kappa shape index (κ1) is 13.4. The predicted octanol–water partition coefficient (Wildman–Crippen LogP) is 2.18. The first-order valence-electron chi connectivity index (χ1n) is 6.22. The van der Waals surface area contributed by atoms with Crippen molar-refractivity contribution in [2.45, 2.75) is 31.7 Å². The molecule has 2 N–H and O–H groups in total. The van der Waals surface area contributed by atoms with Crippen LogP contribution in [0.1, 0.15) is 25.8 Å². The van der Waals surface area contributed by atoms with E-state index in [2.05, 4.69) is 0 Å². The molecule has 0 radical (unpaired) electrons. The molecule has 1 atom stereocenters. The average Bonchev–Trinajstić information content (AvgIpc) is 2.75. The highest BCUT2D eigenvalue weighted by Crippen LogP contribution is 2.28. The number of halogens is 1. The van der Waals surface area contributed by atoms with Gasteiger partial charge in [-0.1, -0.05) is 23.7 Å². The van der Waals surface area contributed by atoms with Gasteiger partial charge in [-0.2, -0.15) is 0 Å². The Morgan fingerprint density at radius 3 is 2.50 bits per heavy atom. The zero-order chi connectivity index (χ0) is 13.3. The highest BCUT2D eigenvalue weighted by Gasteiger charge is 2.36. The number of nitrogens with zero attached hydrogens (tertiary/aromatic N) is 1. The molecule has 0 saturated carbocycles. The van der Waals surface area contributed by atoms with E-state index >= 15 is 0 Å². The van der Waals surface area contributed by atoms with E-state index < -0.39 is 5.41 Å². The minimum absolute atomic E-state index is 0.120. The number of likely N-dealkylation sites (tertiary alicyclic amines) is 1. The van der Waals surface area contributed by atoms with Gasteiger partial charge in [0, 0.05) is 24.2 Å². The van der Waals surface area contributed by atoms with Crippen LogP contribution in [0.5, 0.6) is 0 Å². The van der Waals surface area contributed by atoms with Crippen molar-refractivity contribution in [2.75, 3.05) is 13.1 Å². The average molecular weight is 267 g/mol. The molecule has 18 heavy (non-hydrogen) atoms. The predicted molar refractivity (Wildman–Crippen MR) is 73.7 cm³/mol. The van der Waals surface area contributed by atoms with Crippen molar-refractivity contribution in [1.29, 1.82) is 0 Å². The molecule has 0 bridgehead atoms. The normalized spacial score (nSPS) is 20.2. The Labute approximate surface area is 113 Å². The van der Waals surface area contributed by atoms with E-state index in [1.54, 1.807) is 0 Å². The fourth-order valence-electron chi connectivity index (χ4n) is 2.36. The molecular weight excluding hydrogens is 248 g/mol. The van der Waals surface area contributed by atoms with E-state index in [4.69, 9.17) is 17.3 Å². The molecule has 2 rings (SSSR count). The molecule has 1 heterocycles. The van der Waals surface area contributed by atoms with Crippen LogP contribution in [0, 0.1) is 0 Å². The van der Waals surface area contributed by atoms with E-state index in [0.29, 0.717) is 11.6 Å². The van der Waals surface area contributed by atoms with Crippen LogP contribution in [0.3, 0.4) is 0 Å². The second kappa shape index (κ2) is 4.90. The summed E-state index contributed by atoms with van der Waals surface area (Å²) in [5, 5.41) is 0.685. The van der Waals surface area contributed by atoms with Crippen molar-refractivity contribution < 1.29 is 4.79 Å². The van der Waals surface area contributed by atoms with Crippen LogP contribution >= 0.6 is 11.6 Å². The Kier molecular flexibility index (Phi) is 3.64. The maximum absolute atomic E-state index is 12.5. The molecule has 0 aromatic heterocycles. The fourth-order valence-corrected chi connectivity index (χ4v) is 2.48. The third-order valence-electron chi connectivity index (χ3n) is 3.61. The molecule has 1 aliphatic rings. The summed E-state index contributed by atoms with van der Waals surface area (Å²) in [5.74, 6) is 0.137. The largest absolute Gasteiger partial charge is 0.340 e. The molecule has 0 unspecified atom stereocenters. The third kappa shape index (κ3) is 2.52. The number of hydrogen-bond donors (Lipinski definition) is 1. The van der Waals surface area contributed by atoms with E-state index in [1.165, 1.54) is 0 Å². The SMILES string of the molecule is CC(C)(C(=O)N1CC[C@@H](N)C1)c1ccc(Cl)cc1. The number of hydrogen-bond acceptors (Lipinski definition) is 2. The van der Waals surface area contributed by atoms with Gasteiger partial charge >= 0.3 is 0 Å². The lowest BCUT2D eigenvalue weighted by Crippen LogP contribution is -2.43. The van der Waals surface area contributed by atoms with Crippen molar-refractivity contribution in [2.24, 2.45) is 5.73 Å². The molecule has 98 valence electrons. The molecule has 1 aromatic rings. The molecule has 1 fully saturated rings. The van der Waals surface area contributed by atoms with Gasteiger partial charge < -0.3 is 10.6 Å². The lowest BCUT2D eigenvalue weighted by Gasteiger charge is -2.29. The maximum Gasteiger partial charge on any atom is 0.232 e. The fraction of sp³-hybridized carbons (Fsp3) is 0.500. The number of rotatable bonds is 2. The van der Waals surface area contributed by atoms with Crippen LogP contribution in [0.15, 0.2) is 24.3 Å². The summed E-state index contributed by atoms with van der Waals surface area (Å²) in [6.45, 7) is 5.32. The molecule has 1 aliphatic heterocycles. The minimum Gasteiger partial charge on any atom is -0.340 e. The van der Waals surface area contributed by atoms with Gasteiger partial charge in [0.25, 0.3) is 0 Å². The number of benzene rings is 1. The Morgan fingerprint density at radius 1 is 1.39 bits per heavy atom. The lowest BCUT2D eigenvalue weighted by molar-refractivity contribution is -0.135. The summed E-state index contributed by atoms with van der Waals surface area (Å²) in [7, 11) is 0. The van der Waals surface area contributed by atoms with Crippen molar-refractivity contribution in [3.05, 3.63) is 34.9 Å². The van der Waals surface area contributed by atoms with Gasteiger partial charge in [-0.3, -0.25) is 4.79 Å². The maximum atomic E-state index is 12.5. The second-order valence-corrected chi connectivity index (χ2v) is 5.87. The topological polar surface area (TPSA) is 46.3 Å². The molecule has 1 aromatic carbocycles. The van der Waals surface area contributed by atoms with Crippen molar-refractivity contribution in [3.63, 3.8) is 0 Å². The first-order chi connectivity index (χ1) is 8.41. The molecule has 0 aliphatic carbocycles. The Bertz CT molecular complexity index is 442. The van der Waals surface area contributed by atoms with Crippen LogP contribution in [0.25, 0.3) is 0 Å². The summed E-state index contributed by atoms with van der Waals surface area (Å²) in [6.07, 6.45) is 0.891. The minimum atomic E-state index is -0.533. The Balaban J connectivity index is 2.19.